The number of ether oxygens (including phenoxy) is 1. The zero-order valence-electron chi connectivity index (χ0n) is 13.8. The fourth-order valence-electron chi connectivity index (χ4n) is 2.15. The van der Waals surface area contributed by atoms with Crippen LogP contribution in [-0.4, -0.2) is 18.4 Å². The van der Waals surface area contributed by atoms with E-state index >= 15 is 0 Å². The van der Waals surface area contributed by atoms with E-state index in [0.29, 0.717) is 17.5 Å². The molecule has 2 heterocycles. The van der Waals surface area contributed by atoms with Crippen molar-refractivity contribution in [2.75, 3.05) is 4.72 Å². The molecule has 0 atom stereocenters. The van der Waals surface area contributed by atoms with Crippen LogP contribution < -0.4 is 9.46 Å². The van der Waals surface area contributed by atoms with Crippen molar-refractivity contribution in [3.8, 4) is 11.6 Å². The number of sulfonamides is 1. The molecule has 0 fully saturated rings. The number of pyridine rings is 2. The van der Waals surface area contributed by atoms with Crippen LogP contribution in [0.15, 0.2) is 53.7 Å². The lowest BCUT2D eigenvalue weighted by Crippen LogP contribution is -2.16. The number of anilines is 1. The summed E-state index contributed by atoms with van der Waals surface area (Å²) in [6.45, 7) is 1.69. The van der Waals surface area contributed by atoms with E-state index in [1.165, 1.54) is 12.3 Å². The maximum absolute atomic E-state index is 13.9. The molecule has 0 saturated heterocycles. The molecular formula is C17H12ClF2N3O3S. The average molecular weight is 412 g/mol. The Hall–Kier alpha value is -2.78. The molecule has 0 aliphatic carbocycles. The van der Waals surface area contributed by atoms with Crippen molar-refractivity contribution < 1.29 is 21.9 Å². The predicted molar refractivity (Wildman–Crippen MR) is 95.5 cm³/mol. The Bertz CT molecular complexity index is 1110. The molecule has 6 nitrogen and oxygen atoms in total. The predicted octanol–water partition coefficient (Wildman–Crippen LogP) is 4.31. The molecule has 2 aromatic heterocycles. The van der Waals surface area contributed by atoms with Crippen LogP contribution in [0.1, 0.15) is 5.69 Å². The van der Waals surface area contributed by atoms with Gasteiger partial charge >= 0.3 is 0 Å². The molecule has 0 aliphatic heterocycles. The summed E-state index contributed by atoms with van der Waals surface area (Å²) in [5.74, 6) is -1.80. The summed E-state index contributed by atoms with van der Waals surface area (Å²) in [5.41, 5.74) is 0.397. The van der Waals surface area contributed by atoms with Crippen LogP contribution in [-0.2, 0) is 10.0 Å². The molecule has 0 radical (unpaired) electrons. The van der Waals surface area contributed by atoms with E-state index in [1.807, 2.05) is 0 Å². The monoisotopic (exact) mass is 411 g/mol. The fraction of sp³-hybridized carbons (Fsp3) is 0.0588. The molecule has 0 unspecified atom stereocenters. The van der Waals surface area contributed by atoms with Gasteiger partial charge in [0.15, 0.2) is 5.75 Å². The molecule has 3 aromatic rings. The summed E-state index contributed by atoms with van der Waals surface area (Å²) in [7, 11) is -4.47. The second kappa shape index (κ2) is 7.45. The van der Waals surface area contributed by atoms with E-state index < -0.39 is 26.6 Å². The van der Waals surface area contributed by atoms with Crippen molar-refractivity contribution in [3.63, 3.8) is 0 Å². The lowest BCUT2D eigenvalue weighted by atomic mass is 10.3. The zero-order chi connectivity index (χ0) is 19.6. The number of benzene rings is 1. The van der Waals surface area contributed by atoms with Gasteiger partial charge in [0.1, 0.15) is 22.2 Å². The summed E-state index contributed by atoms with van der Waals surface area (Å²) in [4.78, 5) is 7.16. The first-order valence-corrected chi connectivity index (χ1v) is 9.35. The van der Waals surface area contributed by atoms with E-state index in [9.17, 15) is 17.2 Å². The largest absolute Gasteiger partial charge is 0.435 e. The number of nitrogens with zero attached hydrogens (tertiary/aromatic N) is 2. The zero-order valence-corrected chi connectivity index (χ0v) is 15.4. The van der Waals surface area contributed by atoms with Crippen molar-refractivity contribution in [1.82, 2.24) is 9.97 Å². The first-order chi connectivity index (χ1) is 12.8. The van der Waals surface area contributed by atoms with Gasteiger partial charge in [-0.1, -0.05) is 11.6 Å². The highest BCUT2D eigenvalue weighted by Crippen LogP contribution is 2.32. The number of hydrogen-bond acceptors (Lipinski definition) is 5. The Morgan fingerprint density at radius 2 is 1.93 bits per heavy atom. The van der Waals surface area contributed by atoms with Crippen molar-refractivity contribution in [2.24, 2.45) is 0 Å². The molecule has 0 aliphatic rings. The molecule has 10 heteroatoms. The molecule has 140 valence electrons. The molecule has 0 bridgehead atoms. The van der Waals surface area contributed by atoms with E-state index in [1.54, 1.807) is 25.3 Å². The third-order valence-electron chi connectivity index (χ3n) is 3.41. The van der Waals surface area contributed by atoms with Crippen LogP contribution in [0.25, 0.3) is 0 Å². The molecular weight excluding hydrogens is 400 g/mol. The van der Waals surface area contributed by atoms with Gasteiger partial charge < -0.3 is 4.74 Å². The Morgan fingerprint density at radius 1 is 1.15 bits per heavy atom. The van der Waals surface area contributed by atoms with Gasteiger partial charge in [0.25, 0.3) is 10.0 Å². The SMILES string of the molecule is Cc1ncccc1Oc1ncc(Cl)cc1NS(=O)(=O)c1cc(F)ccc1F. The summed E-state index contributed by atoms with van der Waals surface area (Å²) >= 11 is 5.88. The fourth-order valence-corrected chi connectivity index (χ4v) is 3.44. The average Bonchev–Trinajstić information content (AvgIpc) is 2.61. The number of rotatable bonds is 5. The number of hydrogen-bond donors (Lipinski definition) is 1. The van der Waals surface area contributed by atoms with Crippen molar-refractivity contribution in [3.05, 3.63) is 71.1 Å². The topological polar surface area (TPSA) is 81.2 Å². The molecule has 3 rings (SSSR count). The van der Waals surface area contributed by atoms with Crippen molar-refractivity contribution in [2.45, 2.75) is 11.8 Å². The van der Waals surface area contributed by atoms with Crippen molar-refractivity contribution >= 4 is 27.3 Å². The van der Waals surface area contributed by atoms with Gasteiger partial charge in [-0.2, -0.15) is 0 Å². The van der Waals surface area contributed by atoms with Crippen LogP contribution in [0.2, 0.25) is 5.02 Å². The van der Waals surface area contributed by atoms with Crippen LogP contribution >= 0.6 is 11.6 Å². The van der Waals surface area contributed by atoms with E-state index in [2.05, 4.69) is 14.7 Å². The van der Waals surface area contributed by atoms with Crippen LogP contribution in [0, 0.1) is 18.6 Å². The Balaban J connectivity index is 2.00. The smallest absolute Gasteiger partial charge is 0.265 e. The van der Waals surface area contributed by atoms with E-state index in [4.69, 9.17) is 16.3 Å². The lowest BCUT2D eigenvalue weighted by Gasteiger charge is -2.14. The molecule has 1 aromatic carbocycles. The normalized spacial score (nSPS) is 11.3. The number of nitrogens with one attached hydrogen (secondary N) is 1. The summed E-state index contributed by atoms with van der Waals surface area (Å²) in [6.07, 6.45) is 2.82. The van der Waals surface area contributed by atoms with Crippen LogP contribution in [0.3, 0.4) is 0 Å². The summed E-state index contributed by atoms with van der Waals surface area (Å²) in [6, 6.07) is 6.59. The summed E-state index contributed by atoms with van der Waals surface area (Å²) < 4.78 is 60.0. The maximum atomic E-state index is 13.9. The Morgan fingerprint density at radius 3 is 2.67 bits per heavy atom. The molecule has 0 spiro atoms. The molecule has 0 saturated carbocycles. The molecule has 27 heavy (non-hydrogen) atoms. The van der Waals surface area contributed by atoms with Gasteiger partial charge in [0, 0.05) is 12.4 Å². The minimum atomic E-state index is -4.47. The third kappa shape index (κ3) is 4.32. The van der Waals surface area contributed by atoms with Gasteiger partial charge in [-0.25, -0.2) is 22.2 Å². The van der Waals surface area contributed by atoms with E-state index in [-0.39, 0.29) is 16.6 Å². The van der Waals surface area contributed by atoms with Crippen molar-refractivity contribution in [1.29, 1.82) is 0 Å². The maximum Gasteiger partial charge on any atom is 0.265 e. The third-order valence-corrected chi connectivity index (χ3v) is 5.00. The Labute approximate surface area is 158 Å². The van der Waals surface area contributed by atoms with Gasteiger partial charge in [-0.05, 0) is 43.3 Å². The first kappa shape index (κ1) is 19.0. The second-order valence-electron chi connectivity index (χ2n) is 5.38. The highest BCUT2D eigenvalue weighted by molar-refractivity contribution is 7.92. The number of halogens is 3. The number of aryl methyl sites for hydroxylation is 1. The van der Waals surface area contributed by atoms with Gasteiger partial charge in [-0.15, -0.1) is 0 Å². The van der Waals surface area contributed by atoms with E-state index in [0.717, 1.165) is 12.1 Å². The van der Waals surface area contributed by atoms with Gasteiger partial charge in [0.2, 0.25) is 5.88 Å². The van der Waals surface area contributed by atoms with Crippen LogP contribution in [0.4, 0.5) is 14.5 Å². The standard InChI is InChI=1S/C17H12ClF2N3O3S/c1-10-15(3-2-6-21-10)26-17-14(7-11(18)9-22-17)23-27(24,25)16-8-12(19)4-5-13(16)20/h2-9,23H,1H3. The quantitative estimate of drug-likeness (QED) is 0.676. The highest BCUT2D eigenvalue weighted by Gasteiger charge is 2.23. The molecule has 1 N–H and O–H groups in total. The van der Waals surface area contributed by atoms with Crippen LogP contribution in [0.5, 0.6) is 11.6 Å². The Kier molecular flexibility index (Phi) is 5.24. The summed E-state index contributed by atoms with van der Waals surface area (Å²) in [5, 5.41) is 0.114. The minimum absolute atomic E-state index is 0.114. The van der Waals surface area contributed by atoms with Gasteiger partial charge in [0.05, 0.1) is 10.7 Å². The minimum Gasteiger partial charge on any atom is -0.435 e. The number of aromatic nitrogens is 2. The highest BCUT2D eigenvalue weighted by atomic mass is 35.5. The molecule has 0 amide bonds. The van der Waals surface area contributed by atoms with Gasteiger partial charge in [-0.3, -0.25) is 9.71 Å². The lowest BCUT2D eigenvalue weighted by molar-refractivity contribution is 0.459. The first-order valence-electron chi connectivity index (χ1n) is 7.49. The second-order valence-corrected chi connectivity index (χ2v) is 7.46.